The number of methoxy groups -OCH3 is 2. The van der Waals surface area contributed by atoms with Crippen LogP contribution >= 0.6 is 0 Å². The van der Waals surface area contributed by atoms with Crippen LogP contribution in [-0.2, 0) is 6.61 Å². The normalized spacial score (nSPS) is 11.0. The highest BCUT2D eigenvalue weighted by Gasteiger charge is 2.21. The van der Waals surface area contributed by atoms with Gasteiger partial charge in [-0.2, -0.15) is 0 Å². The first-order chi connectivity index (χ1) is 19.9. The molecule has 0 aliphatic heterocycles. The van der Waals surface area contributed by atoms with Gasteiger partial charge in [0.2, 0.25) is 0 Å². The number of fused-ring (bicyclic) bond motifs is 1. The Bertz CT molecular complexity index is 1710. The van der Waals surface area contributed by atoms with Gasteiger partial charge in [0.15, 0.2) is 17.3 Å². The van der Waals surface area contributed by atoms with Gasteiger partial charge in [-0.15, -0.1) is 0 Å². The molecule has 0 spiro atoms. The number of allylic oxidation sites excluding steroid dienone is 1. The summed E-state index contributed by atoms with van der Waals surface area (Å²) in [5.74, 6) is 1.78. The van der Waals surface area contributed by atoms with E-state index in [4.69, 9.17) is 23.4 Å². The summed E-state index contributed by atoms with van der Waals surface area (Å²) in [5, 5.41) is 0.602. The molecule has 5 aromatic rings. The number of aryl methyl sites for hydroxylation is 1. The SMILES string of the molecule is COc1ccc(C=CC(=O)c2ccc(OC(=O)c3c(C)oc4ccc(OCc5ccccc5)cc34)cc2)cc1OC. The number of carbonyl (C=O) groups excluding carboxylic acids is 2. The van der Waals surface area contributed by atoms with Crippen LogP contribution in [0, 0.1) is 6.92 Å². The molecule has 206 valence electrons. The van der Waals surface area contributed by atoms with Gasteiger partial charge in [-0.25, -0.2) is 4.79 Å². The molecule has 0 amide bonds. The number of hydrogen-bond acceptors (Lipinski definition) is 7. The predicted octanol–water partition coefficient (Wildman–Crippen LogP) is 7.45. The van der Waals surface area contributed by atoms with Gasteiger partial charge in [-0.1, -0.05) is 42.5 Å². The average Bonchev–Trinajstić information content (AvgIpc) is 3.34. The van der Waals surface area contributed by atoms with Crippen LogP contribution in [0.25, 0.3) is 17.0 Å². The van der Waals surface area contributed by atoms with E-state index in [2.05, 4.69) is 0 Å². The third kappa shape index (κ3) is 6.31. The predicted molar refractivity (Wildman–Crippen MR) is 156 cm³/mol. The van der Waals surface area contributed by atoms with Crippen molar-refractivity contribution in [2.45, 2.75) is 13.5 Å². The van der Waals surface area contributed by atoms with Gasteiger partial charge in [0.1, 0.15) is 35.0 Å². The topological polar surface area (TPSA) is 84.2 Å². The van der Waals surface area contributed by atoms with Gasteiger partial charge in [0.05, 0.1) is 14.2 Å². The molecule has 5 rings (SSSR count). The van der Waals surface area contributed by atoms with Crippen molar-refractivity contribution in [2.24, 2.45) is 0 Å². The van der Waals surface area contributed by atoms with Gasteiger partial charge in [-0.3, -0.25) is 4.79 Å². The number of rotatable bonds is 10. The molecule has 0 bridgehead atoms. The summed E-state index contributed by atoms with van der Waals surface area (Å²) < 4.78 is 27.9. The Morgan fingerprint density at radius 2 is 1.54 bits per heavy atom. The summed E-state index contributed by atoms with van der Waals surface area (Å²) in [6.07, 6.45) is 3.17. The fourth-order valence-corrected chi connectivity index (χ4v) is 4.35. The Morgan fingerprint density at radius 3 is 2.27 bits per heavy atom. The summed E-state index contributed by atoms with van der Waals surface area (Å²) in [6, 6.07) is 27.0. The third-order valence-electron chi connectivity index (χ3n) is 6.47. The number of ether oxygens (including phenoxy) is 4. The first kappa shape index (κ1) is 27.3. The lowest BCUT2D eigenvalue weighted by Gasteiger charge is -2.07. The van der Waals surface area contributed by atoms with Gasteiger partial charge >= 0.3 is 5.97 Å². The van der Waals surface area contributed by atoms with E-state index in [1.165, 1.54) is 6.08 Å². The summed E-state index contributed by atoms with van der Waals surface area (Å²) in [7, 11) is 3.12. The summed E-state index contributed by atoms with van der Waals surface area (Å²) in [5.41, 5.74) is 3.16. The lowest BCUT2D eigenvalue weighted by Crippen LogP contribution is -2.09. The third-order valence-corrected chi connectivity index (χ3v) is 6.47. The average molecular weight is 549 g/mol. The van der Waals surface area contributed by atoms with E-state index in [0.29, 0.717) is 57.5 Å². The van der Waals surface area contributed by atoms with E-state index in [9.17, 15) is 9.59 Å². The Balaban J connectivity index is 1.26. The van der Waals surface area contributed by atoms with Crippen molar-refractivity contribution in [1.82, 2.24) is 0 Å². The summed E-state index contributed by atoms with van der Waals surface area (Å²) in [4.78, 5) is 25.9. The zero-order chi connectivity index (χ0) is 28.8. The van der Waals surface area contributed by atoms with Gasteiger partial charge < -0.3 is 23.4 Å². The van der Waals surface area contributed by atoms with Crippen LogP contribution < -0.4 is 18.9 Å². The molecule has 0 unspecified atom stereocenters. The number of esters is 1. The Kier molecular flexibility index (Phi) is 8.15. The highest BCUT2D eigenvalue weighted by atomic mass is 16.5. The molecule has 0 saturated heterocycles. The first-order valence-electron chi connectivity index (χ1n) is 12.9. The molecule has 0 fully saturated rings. The molecule has 0 saturated carbocycles. The number of hydrogen-bond donors (Lipinski definition) is 0. The van der Waals surface area contributed by atoms with Crippen molar-refractivity contribution in [2.75, 3.05) is 14.2 Å². The number of furan rings is 1. The molecule has 7 heteroatoms. The zero-order valence-electron chi connectivity index (χ0n) is 22.9. The van der Waals surface area contributed by atoms with E-state index >= 15 is 0 Å². The van der Waals surface area contributed by atoms with Crippen LogP contribution in [0.3, 0.4) is 0 Å². The van der Waals surface area contributed by atoms with Crippen LogP contribution in [0.15, 0.2) is 101 Å². The molecule has 1 aromatic heterocycles. The Labute approximate surface area is 237 Å². The van der Waals surface area contributed by atoms with E-state index < -0.39 is 5.97 Å². The number of benzene rings is 4. The molecular formula is C34H28O7. The highest BCUT2D eigenvalue weighted by Crippen LogP contribution is 2.31. The molecule has 41 heavy (non-hydrogen) atoms. The van der Waals surface area contributed by atoms with Crippen LogP contribution in [0.1, 0.15) is 37.6 Å². The number of carbonyl (C=O) groups is 2. The second-order valence-electron chi connectivity index (χ2n) is 9.19. The molecule has 4 aromatic carbocycles. The van der Waals surface area contributed by atoms with Gasteiger partial charge in [0.25, 0.3) is 0 Å². The van der Waals surface area contributed by atoms with E-state index in [1.807, 2.05) is 36.4 Å². The van der Waals surface area contributed by atoms with Crippen LogP contribution in [0.2, 0.25) is 0 Å². The monoisotopic (exact) mass is 548 g/mol. The molecule has 0 radical (unpaired) electrons. The van der Waals surface area contributed by atoms with Crippen molar-refractivity contribution >= 4 is 28.8 Å². The van der Waals surface area contributed by atoms with Gasteiger partial charge in [-0.05, 0) is 78.7 Å². The van der Waals surface area contributed by atoms with Gasteiger partial charge in [0, 0.05) is 10.9 Å². The fraction of sp³-hybridized carbons (Fsp3) is 0.118. The largest absolute Gasteiger partial charge is 0.493 e. The molecule has 0 atom stereocenters. The second-order valence-corrected chi connectivity index (χ2v) is 9.19. The fourth-order valence-electron chi connectivity index (χ4n) is 4.35. The standard InChI is InChI=1S/C34H28O7/c1-22-33(28-20-27(15-18-30(28)40-22)39-21-24-7-5-4-6-8-24)34(36)41-26-13-11-25(12-14-26)29(35)16-9-23-10-17-31(37-2)32(19-23)38-3/h4-20H,21H2,1-3H3. The van der Waals surface area contributed by atoms with Crippen LogP contribution in [0.5, 0.6) is 23.0 Å². The summed E-state index contributed by atoms with van der Waals surface area (Å²) >= 11 is 0. The molecule has 0 aliphatic carbocycles. The van der Waals surface area contributed by atoms with Crippen LogP contribution in [-0.4, -0.2) is 26.0 Å². The van der Waals surface area contributed by atoms with E-state index in [1.54, 1.807) is 81.8 Å². The lowest BCUT2D eigenvalue weighted by atomic mass is 10.1. The van der Waals surface area contributed by atoms with Crippen molar-refractivity contribution in [3.05, 3.63) is 125 Å². The van der Waals surface area contributed by atoms with Crippen molar-refractivity contribution < 1.29 is 33.0 Å². The molecule has 7 nitrogen and oxygen atoms in total. The maximum atomic E-state index is 13.2. The van der Waals surface area contributed by atoms with Crippen LogP contribution in [0.4, 0.5) is 0 Å². The molecular weight excluding hydrogens is 520 g/mol. The van der Waals surface area contributed by atoms with Crippen molar-refractivity contribution in [3.63, 3.8) is 0 Å². The quantitative estimate of drug-likeness (QED) is 0.0775. The second kappa shape index (κ2) is 12.3. The minimum absolute atomic E-state index is 0.197. The number of ketones is 1. The molecule has 0 aliphatic rings. The lowest BCUT2D eigenvalue weighted by molar-refractivity contribution is 0.0734. The minimum Gasteiger partial charge on any atom is -0.493 e. The zero-order valence-corrected chi connectivity index (χ0v) is 22.9. The van der Waals surface area contributed by atoms with Crippen molar-refractivity contribution in [3.8, 4) is 23.0 Å². The minimum atomic E-state index is -0.561. The maximum absolute atomic E-state index is 13.2. The van der Waals surface area contributed by atoms with Crippen molar-refractivity contribution in [1.29, 1.82) is 0 Å². The first-order valence-corrected chi connectivity index (χ1v) is 12.9. The molecule has 1 heterocycles. The Morgan fingerprint density at radius 1 is 0.805 bits per heavy atom. The highest BCUT2D eigenvalue weighted by molar-refractivity contribution is 6.07. The summed E-state index contributed by atoms with van der Waals surface area (Å²) in [6.45, 7) is 2.12. The van der Waals surface area contributed by atoms with E-state index in [-0.39, 0.29) is 5.78 Å². The van der Waals surface area contributed by atoms with E-state index in [0.717, 1.165) is 11.1 Å². The maximum Gasteiger partial charge on any atom is 0.347 e. The Hall–Kier alpha value is -5.30. The molecule has 0 N–H and O–H groups in total. The smallest absolute Gasteiger partial charge is 0.347 e.